The van der Waals surface area contributed by atoms with Crippen molar-refractivity contribution in [2.24, 2.45) is 0 Å². The summed E-state index contributed by atoms with van der Waals surface area (Å²) in [6.07, 6.45) is 0. The second-order valence-corrected chi connectivity index (χ2v) is 5.16. The molecule has 0 aliphatic carbocycles. The molecular formula is C14H11ClN6O3. The Kier molecular flexibility index (Phi) is 4.25. The number of aryl methyl sites for hydroxylation is 1. The van der Waals surface area contributed by atoms with Gasteiger partial charge in [0.15, 0.2) is 5.82 Å². The SMILES string of the molecule is Cc1cc(Nc2cc(Cl)nc(Oc3ccc([N+](=O)[O-])cc3)n2)n[nH]1. The molecule has 24 heavy (non-hydrogen) atoms. The third-order valence-electron chi connectivity index (χ3n) is 2.89. The molecule has 2 aromatic heterocycles. The lowest BCUT2D eigenvalue weighted by atomic mass is 10.3. The number of nitrogens with zero attached hydrogens (tertiary/aromatic N) is 4. The van der Waals surface area contributed by atoms with Crippen molar-refractivity contribution >= 4 is 28.9 Å². The first-order chi connectivity index (χ1) is 11.5. The lowest BCUT2D eigenvalue weighted by molar-refractivity contribution is -0.384. The average Bonchev–Trinajstić information content (AvgIpc) is 2.92. The number of hydrogen-bond donors (Lipinski definition) is 2. The van der Waals surface area contributed by atoms with Crippen LogP contribution in [0.3, 0.4) is 0 Å². The van der Waals surface area contributed by atoms with E-state index in [2.05, 4.69) is 25.5 Å². The molecule has 0 spiro atoms. The molecule has 0 unspecified atom stereocenters. The molecule has 0 aliphatic heterocycles. The lowest BCUT2D eigenvalue weighted by Gasteiger charge is -2.07. The van der Waals surface area contributed by atoms with Gasteiger partial charge in [0.25, 0.3) is 5.69 Å². The van der Waals surface area contributed by atoms with Gasteiger partial charge < -0.3 is 10.1 Å². The molecule has 0 amide bonds. The van der Waals surface area contributed by atoms with Crippen LogP contribution >= 0.6 is 11.6 Å². The number of aromatic amines is 1. The van der Waals surface area contributed by atoms with Gasteiger partial charge in [-0.25, -0.2) is 0 Å². The van der Waals surface area contributed by atoms with E-state index in [9.17, 15) is 10.1 Å². The molecule has 0 atom stereocenters. The zero-order valence-electron chi connectivity index (χ0n) is 12.4. The Hall–Kier alpha value is -3.20. The van der Waals surface area contributed by atoms with E-state index in [1.165, 1.54) is 30.3 Å². The van der Waals surface area contributed by atoms with E-state index in [0.717, 1.165) is 5.69 Å². The molecule has 1 aromatic carbocycles. The minimum absolute atomic E-state index is 0.00566. The monoisotopic (exact) mass is 346 g/mol. The predicted octanol–water partition coefficient (Wildman–Crippen LogP) is 3.61. The van der Waals surface area contributed by atoms with Crippen molar-refractivity contribution in [3.05, 3.63) is 57.4 Å². The molecule has 10 heteroatoms. The summed E-state index contributed by atoms with van der Waals surface area (Å²) >= 11 is 5.97. The van der Waals surface area contributed by atoms with E-state index in [1.807, 2.05) is 6.92 Å². The van der Waals surface area contributed by atoms with E-state index >= 15 is 0 Å². The van der Waals surface area contributed by atoms with Gasteiger partial charge in [0, 0.05) is 30.0 Å². The first-order valence-corrected chi connectivity index (χ1v) is 7.13. The summed E-state index contributed by atoms with van der Waals surface area (Å²) in [5.41, 5.74) is 0.852. The van der Waals surface area contributed by atoms with Crippen LogP contribution in [-0.4, -0.2) is 25.1 Å². The maximum atomic E-state index is 10.6. The fourth-order valence-corrected chi connectivity index (χ4v) is 2.04. The third kappa shape index (κ3) is 3.76. The van der Waals surface area contributed by atoms with Crippen LogP contribution in [0.2, 0.25) is 5.15 Å². The van der Waals surface area contributed by atoms with Crippen molar-refractivity contribution in [1.29, 1.82) is 0 Å². The van der Waals surface area contributed by atoms with Crippen LogP contribution in [0.5, 0.6) is 11.8 Å². The number of benzene rings is 1. The van der Waals surface area contributed by atoms with Crippen LogP contribution in [0.15, 0.2) is 36.4 Å². The highest BCUT2D eigenvalue weighted by Crippen LogP contribution is 2.25. The number of anilines is 2. The summed E-state index contributed by atoms with van der Waals surface area (Å²) in [4.78, 5) is 18.3. The van der Waals surface area contributed by atoms with Gasteiger partial charge in [0.05, 0.1) is 4.92 Å². The number of ether oxygens (including phenoxy) is 1. The minimum atomic E-state index is -0.493. The van der Waals surface area contributed by atoms with E-state index in [4.69, 9.17) is 16.3 Å². The summed E-state index contributed by atoms with van der Waals surface area (Å²) in [6.45, 7) is 1.87. The molecular weight excluding hydrogens is 336 g/mol. The van der Waals surface area contributed by atoms with Gasteiger partial charge in [-0.3, -0.25) is 15.2 Å². The molecule has 0 radical (unpaired) electrons. The van der Waals surface area contributed by atoms with Gasteiger partial charge in [0.1, 0.15) is 16.7 Å². The van der Waals surface area contributed by atoms with Crippen molar-refractivity contribution in [2.45, 2.75) is 6.92 Å². The summed E-state index contributed by atoms with van der Waals surface area (Å²) in [5, 5.41) is 20.6. The molecule has 122 valence electrons. The molecule has 0 saturated carbocycles. The van der Waals surface area contributed by atoms with E-state index in [-0.39, 0.29) is 16.9 Å². The molecule has 0 saturated heterocycles. The smallest absolute Gasteiger partial charge is 0.325 e. The maximum Gasteiger partial charge on any atom is 0.325 e. The quantitative estimate of drug-likeness (QED) is 0.411. The molecule has 0 aliphatic rings. The summed E-state index contributed by atoms with van der Waals surface area (Å²) < 4.78 is 5.48. The highest BCUT2D eigenvalue weighted by molar-refractivity contribution is 6.29. The van der Waals surface area contributed by atoms with Gasteiger partial charge in [-0.2, -0.15) is 15.1 Å². The first-order valence-electron chi connectivity index (χ1n) is 6.75. The van der Waals surface area contributed by atoms with Crippen LogP contribution < -0.4 is 10.1 Å². The standard InChI is InChI=1S/C14H11ClN6O3/c1-8-6-13(20-19-8)17-12-7-11(15)16-14(18-12)24-10-4-2-9(3-5-10)21(22)23/h2-7H,1H3,(H2,16,17,18,19,20). The Balaban J connectivity index is 1.79. The summed E-state index contributed by atoms with van der Waals surface area (Å²) in [6, 6.07) is 8.88. The van der Waals surface area contributed by atoms with Gasteiger partial charge >= 0.3 is 6.01 Å². The number of rotatable bonds is 5. The van der Waals surface area contributed by atoms with Gasteiger partial charge in [-0.05, 0) is 19.1 Å². The van der Waals surface area contributed by atoms with E-state index in [0.29, 0.717) is 17.4 Å². The number of H-pyrrole nitrogens is 1. The Morgan fingerprint density at radius 2 is 1.96 bits per heavy atom. The number of hydrogen-bond acceptors (Lipinski definition) is 7. The molecule has 2 N–H and O–H groups in total. The maximum absolute atomic E-state index is 10.6. The van der Waals surface area contributed by atoms with Crippen LogP contribution in [-0.2, 0) is 0 Å². The fraction of sp³-hybridized carbons (Fsp3) is 0.0714. The topological polar surface area (TPSA) is 119 Å². The fourth-order valence-electron chi connectivity index (χ4n) is 1.86. The number of aromatic nitrogens is 4. The van der Waals surface area contributed by atoms with Crippen molar-refractivity contribution in [3.63, 3.8) is 0 Å². The van der Waals surface area contributed by atoms with Crippen molar-refractivity contribution < 1.29 is 9.66 Å². The average molecular weight is 347 g/mol. The Morgan fingerprint density at radius 1 is 1.21 bits per heavy atom. The van der Waals surface area contributed by atoms with Crippen LogP contribution in [0.25, 0.3) is 0 Å². The number of nitrogens with one attached hydrogen (secondary N) is 2. The van der Waals surface area contributed by atoms with Gasteiger partial charge in [-0.1, -0.05) is 11.6 Å². The number of non-ortho nitro benzene ring substituents is 1. The van der Waals surface area contributed by atoms with Crippen LogP contribution in [0.1, 0.15) is 5.69 Å². The molecule has 0 bridgehead atoms. The normalized spacial score (nSPS) is 10.4. The van der Waals surface area contributed by atoms with Gasteiger partial charge in [-0.15, -0.1) is 0 Å². The van der Waals surface area contributed by atoms with E-state index in [1.54, 1.807) is 6.07 Å². The predicted molar refractivity (Wildman–Crippen MR) is 86.8 cm³/mol. The summed E-state index contributed by atoms with van der Waals surface area (Å²) in [7, 11) is 0. The summed E-state index contributed by atoms with van der Waals surface area (Å²) in [5.74, 6) is 1.33. The Morgan fingerprint density at radius 3 is 2.58 bits per heavy atom. The molecule has 3 aromatic rings. The number of nitro benzene ring substituents is 1. The Labute approximate surface area is 140 Å². The largest absolute Gasteiger partial charge is 0.424 e. The zero-order chi connectivity index (χ0) is 17.1. The highest BCUT2D eigenvalue weighted by atomic mass is 35.5. The van der Waals surface area contributed by atoms with Crippen molar-refractivity contribution in [2.75, 3.05) is 5.32 Å². The van der Waals surface area contributed by atoms with Crippen LogP contribution in [0.4, 0.5) is 17.3 Å². The van der Waals surface area contributed by atoms with Crippen LogP contribution in [0, 0.1) is 17.0 Å². The molecule has 2 heterocycles. The second kappa shape index (κ2) is 6.50. The van der Waals surface area contributed by atoms with Crippen molar-refractivity contribution in [3.8, 4) is 11.8 Å². The van der Waals surface area contributed by atoms with E-state index < -0.39 is 4.92 Å². The van der Waals surface area contributed by atoms with Crippen molar-refractivity contribution in [1.82, 2.24) is 20.2 Å². The first kappa shape index (κ1) is 15.7. The Bertz CT molecular complexity index is 880. The zero-order valence-corrected chi connectivity index (χ0v) is 13.1. The third-order valence-corrected chi connectivity index (χ3v) is 3.09. The minimum Gasteiger partial charge on any atom is -0.424 e. The van der Waals surface area contributed by atoms with Gasteiger partial charge in [0.2, 0.25) is 0 Å². The lowest BCUT2D eigenvalue weighted by Crippen LogP contribution is -1.98. The molecule has 0 fully saturated rings. The molecule has 3 rings (SSSR count). The highest BCUT2D eigenvalue weighted by Gasteiger charge is 2.09. The molecule has 9 nitrogen and oxygen atoms in total. The second-order valence-electron chi connectivity index (χ2n) is 4.77. The number of nitro groups is 1. The number of halogens is 1.